The van der Waals surface area contributed by atoms with E-state index >= 15 is 0 Å². The summed E-state index contributed by atoms with van der Waals surface area (Å²) >= 11 is 0. The Morgan fingerprint density at radius 3 is 2.33 bits per heavy atom. The van der Waals surface area contributed by atoms with Gasteiger partial charge >= 0.3 is 0 Å². The molecule has 1 aromatic rings. The van der Waals surface area contributed by atoms with E-state index in [1.807, 2.05) is 0 Å². The van der Waals surface area contributed by atoms with E-state index in [4.69, 9.17) is 5.84 Å². The first-order valence-corrected chi connectivity index (χ1v) is 8.37. The largest absolute Gasteiger partial charge is 0.296 e. The SMILES string of the molecule is CCN(CC)C1(C(NN)c2cc(C)ccc2C)CCCC1. The Bertz CT molecular complexity index is 460. The van der Waals surface area contributed by atoms with Crippen molar-refractivity contribution in [1.29, 1.82) is 0 Å². The van der Waals surface area contributed by atoms with Crippen molar-refractivity contribution in [3.63, 3.8) is 0 Å². The Balaban J connectivity index is 2.47. The fraction of sp³-hybridized carbons (Fsp3) is 0.667. The molecule has 0 heterocycles. The van der Waals surface area contributed by atoms with Gasteiger partial charge in [0.15, 0.2) is 0 Å². The topological polar surface area (TPSA) is 41.3 Å². The molecule has 0 bridgehead atoms. The molecule has 0 spiro atoms. The van der Waals surface area contributed by atoms with Gasteiger partial charge in [-0.3, -0.25) is 16.2 Å². The van der Waals surface area contributed by atoms with Gasteiger partial charge in [-0.05, 0) is 50.9 Å². The molecular formula is C18H31N3. The van der Waals surface area contributed by atoms with E-state index in [2.05, 4.69) is 56.2 Å². The van der Waals surface area contributed by atoms with E-state index < -0.39 is 0 Å². The van der Waals surface area contributed by atoms with Crippen LogP contribution in [0.4, 0.5) is 0 Å². The second kappa shape index (κ2) is 6.91. The molecule has 0 amide bonds. The molecule has 1 fully saturated rings. The number of benzene rings is 1. The second-order valence-corrected chi connectivity index (χ2v) is 6.44. The van der Waals surface area contributed by atoms with Crippen molar-refractivity contribution in [3.8, 4) is 0 Å². The number of hydrazine groups is 1. The van der Waals surface area contributed by atoms with Crippen LogP contribution in [0.25, 0.3) is 0 Å². The van der Waals surface area contributed by atoms with E-state index in [-0.39, 0.29) is 11.6 Å². The predicted molar refractivity (Wildman–Crippen MR) is 90.1 cm³/mol. The molecule has 21 heavy (non-hydrogen) atoms. The maximum absolute atomic E-state index is 6.06. The van der Waals surface area contributed by atoms with Crippen LogP contribution in [0.2, 0.25) is 0 Å². The van der Waals surface area contributed by atoms with E-state index in [9.17, 15) is 0 Å². The minimum Gasteiger partial charge on any atom is -0.296 e. The molecule has 0 radical (unpaired) electrons. The lowest BCUT2D eigenvalue weighted by molar-refractivity contribution is 0.0624. The first kappa shape index (κ1) is 16.5. The number of nitrogens with two attached hydrogens (primary N) is 1. The highest BCUT2D eigenvalue weighted by Crippen LogP contribution is 2.44. The third-order valence-electron chi connectivity index (χ3n) is 5.31. The molecule has 1 unspecified atom stereocenters. The van der Waals surface area contributed by atoms with Crippen LogP contribution < -0.4 is 11.3 Å². The third kappa shape index (κ3) is 3.01. The van der Waals surface area contributed by atoms with Gasteiger partial charge in [-0.25, -0.2) is 0 Å². The van der Waals surface area contributed by atoms with Gasteiger partial charge in [0.2, 0.25) is 0 Å². The second-order valence-electron chi connectivity index (χ2n) is 6.44. The summed E-state index contributed by atoms with van der Waals surface area (Å²) in [5, 5.41) is 0. The number of aryl methyl sites for hydroxylation is 2. The molecule has 3 heteroatoms. The van der Waals surface area contributed by atoms with Gasteiger partial charge in [-0.2, -0.15) is 0 Å². The molecule has 1 aliphatic carbocycles. The summed E-state index contributed by atoms with van der Waals surface area (Å²) < 4.78 is 0. The Morgan fingerprint density at radius 1 is 1.19 bits per heavy atom. The lowest BCUT2D eigenvalue weighted by Gasteiger charge is -2.46. The quantitative estimate of drug-likeness (QED) is 0.622. The zero-order valence-corrected chi connectivity index (χ0v) is 14.1. The zero-order chi connectivity index (χ0) is 15.5. The molecule has 1 atom stereocenters. The maximum atomic E-state index is 6.06. The Kier molecular flexibility index (Phi) is 5.42. The third-order valence-corrected chi connectivity index (χ3v) is 5.31. The lowest BCUT2D eigenvalue weighted by atomic mass is 9.80. The van der Waals surface area contributed by atoms with Gasteiger partial charge in [-0.1, -0.05) is 50.5 Å². The molecule has 0 saturated heterocycles. The molecule has 1 aromatic carbocycles. The van der Waals surface area contributed by atoms with Crippen molar-refractivity contribution < 1.29 is 0 Å². The summed E-state index contributed by atoms with van der Waals surface area (Å²) in [6.45, 7) is 11.1. The van der Waals surface area contributed by atoms with Crippen molar-refractivity contribution in [2.75, 3.05) is 13.1 Å². The average Bonchev–Trinajstić information content (AvgIpc) is 2.95. The molecule has 3 nitrogen and oxygen atoms in total. The molecule has 3 N–H and O–H groups in total. The van der Waals surface area contributed by atoms with Crippen LogP contribution in [0.3, 0.4) is 0 Å². The van der Waals surface area contributed by atoms with Crippen LogP contribution in [0.1, 0.15) is 62.3 Å². The number of likely N-dealkylation sites (N-methyl/N-ethyl adjacent to an activating group) is 1. The fourth-order valence-electron chi connectivity index (χ4n) is 4.23. The van der Waals surface area contributed by atoms with Crippen LogP contribution in [0.5, 0.6) is 0 Å². The van der Waals surface area contributed by atoms with Gasteiger partial charge in [0.25, 0.3) is 0 Å². The van der Waals surface area contributed by atoms with Gasteiger partial charge in [-0.15, -0.1) is 0 Å². The van der Waals surface area contributed by atoms with E-state index in [1.165, 1.54) is 42.4 Å². The fourth-order valence-corrected chi connectivity index (χ4v) is 4.23. The number of rotatable bonds is 6. The van der Waals surface area contributed by atoms with E-state index in [1.54, 1.807) is 0 Å². The van der Waals surface area contributed by atoms with Crippen LogP contribution >= 0.6 is 0 Å². The monoisotopic (exact) mass is 289 g/mol. The number of nitrogens with zero attached hydrogens (tertiary/aromatic N) is 1. The Labute approximate surface area is 129 Å². The lowest BCUT2D eigenvalue weighted by Crippen LogP contribution is -2.56. The molecule has 0 aliphatic heterocycles. The Morgan fingerprint density at radius 2 is 1.81 bits per heavy atom. The van der Waals surface area contributed by atoms with Gasteiger partial charge in [0.1, 0.15) is 0 Å². The van der Waals surface area contributed by atoms with Crippen LogP contribution in [0, 0.1) is 13.8 Å². The molecule has 0 aromatic heterocycles. The minimum absolute atomic E-state index is 0.163. The van der Waals surface area contributed by atoms with Crippen molar-refractivity contribution in [3.05, 3.63) is 34.9 Å². The summed E-state index contributed by atoms with van der Waals surface area (Å²) in [4.78, 5) is 2.62. The molecular weight excluding hydrogens is 258 g/mol. The highest BCUT2D eigenvalue weighted by Gasteiger charge is 2.45. The molecule has 1 aliphatic rings. The number of nitrogens with one attached hydrogen (secondary N) is 1. The first-order valence-electron chi connectivity index (χ1n) is 8.37. The summed E-state index contributed by atoms with van der Waals surface area (Å²) in [6.07, 6.45) is 5.08. The van der Waals surface area contributed by atoms with Crippen molar-refractivity contribution in [1.82, 2.24) is 10.3 Å². The minimum atomic E-state index is 0.163. The maximum Gasteiger partial charge on any atom is 0.0646 e. The zero-order valence-electron chi connectivity index (χ0n) is 14.1. The summed E-state index contributed by atoms with van der Waals surface area (Å²) in [7, 11) is 0. The van der Waals surface area contributed by atoms with Gasteiger partial charge < -0.3 is 0 Å². The van der Waals surface area contributed by atoms with Gasteiger partial charge in [0.05, 0.1) is 6.04 Å². The van der Waals surface area contributed by atoms with Crippen molar-refractivity contribution in [2.24, 2.45) is 5.84 Å². The van der Waals surface area contributed by atoms with E-state index in [0.717, 1.165) is 13.1 Å². The normalized spacial score (nSPS) is 19.1. The van der Waals surface area contributed by atoms with Crippen LogP contribution in [0.15, 0.2) is 18.2 Å². The highest BCUT2D eigenvalue weighted by atomic mass is 15.3. The standard InChI is InChI=1S/C18H31N3/c1-5-21(6-2)18(11-7-8-12-18)17(20-19)16-13-14(3)9-10-15(16)4/h9-10,13,17,20H,5-8,11-12,19H2,1-4H3. The first-order chi connectivity index (χ1) is 10.1. The van der Waals surface area contributed by atoms with Crippen LogP contribution in [-0.4, -0.2) is 23.5 Å². The van der Waals surface area contributed by atoms with Crippen LogP contribution in [-0.2, 0) is 0 Å². The number of hydrogen-bond donors (Lipinski definition) is 2. The van der Waals surface area contributed by atoms with Gasteiger partial charge in [0, 0.05) is 5.54 Å². The Hall–Kier alpha value is -0.900. The predicted octanol–water partition coefficient (Wildman–Crippen LogP) is 3.46. The summed E-state index contributed by atoms with van der Waals surface area (Å²) in [6, 6.07) is 6.92. The number of hydrogen-bond acceptors (Lipinski definition) is 3. The molecule has 118 valence electrons. The smallest absolute Gasteiger partial charge is 0.0646 e. The van der Waals surface area contributed by atoms with Crippen molar-refractivity contribution in [2.45, 2.75) is 65.0 Å². The van der Waals surface area contributed by atoms with Crippen molar-refractivity contribution >= 4 is 0 Å². The molecule has 1 saturated carbocycles. The van der Waals surface area contributed by atoms with E-state index in [0.29, 0.717) is 0 Å². The average molecular weight is 289 g/mol. The highest BCUT2D eigenvalue weighted by molar-refractivity contribution is 5.35. The summed E-state index contributed by atoms with van der Waals surface area (Å²) in [5.74, 6) is 6.06. The molecule has 2 rings (SSSR count). The summed E-state index contributed by atoms with van der Waals surface area (Å²) in [5.41, 5.74) is 7.35.